The van der Waals surface area contributed by atoms with Gasteiger partial charge in [-0.3, -0.25) is 18.8 Å². The van der Waals surface area contributed by atoms with E-state index in [0.717, 1.165) is 17.0 Å². The van der Waals surface area contributed by atoms with Crippen molar-refractivity contribution in [2.24, 2.45) is 11.8 Å². The molecule has 0 spiro atoms. The molecule has 10 heteroatoms. The van der Waals surface area contributed by atoms with E-state index in [2.05, 4.69) is 5.32 Å². The van der Waals surface area contributed by atoms with Crippen molar-refractivity contribution >= 4 is 28.3 Å². The number of anilines is 1. The Balaban J connectivity index is 1.47. The number of hydrogen-bond acceptors (Lipinski definition) is 5. The van der Waals surface area contributed by atoms with Gasteiger partial charge in [0.2, 0.25) is 5.91 Å². The standard InChI is InChI=1S/C18H22F2N2O5S/c1-2-15(23)21-5-10-6-22(18(24)27-10)9-3-13(19)17(14(20)4-9)16-11-7-28(25,26)8-12(11)16/h3-4,10-12,16,25-26H,2,5-8H2,1H3,(H,21,23)/t10-,11-,12+,16?/m0/s1. The molecular formula is C18H22F2N2O5S. The molecule has 4 atom stereocenters. The van der Waals surface area contributed by atoms with Gasteiger partial charge in [0.15, 0.2) is 0 Å². The first-order chi connectivity index (χ1) is 13.2. The number of cyclic esters (lactones) is 1. The van der Waals surface area contributed by atoms with Crippen LogP contribution in [0.2, 0.25) is 0 Å². The first-order valence-electron chi connectivity index (χ1n) is 9.17. The fourth-order valence-corrected chi connectivity index (χ4v) is 6.53. The third kappa shape index (κ3) is 3.44. The van der Waals surface area contributed by atoms with Gasteiger partial charge in [0.25, 0.3) is 0 Å². The van der Waals surface area contributed by atoms with E-state index in [-0.39, 0.29) is 59.5 Å². The second-order valence-corrected chi connectivity index (χ2v) is 9.86. The van der Waals surface area contributed by atoms with Gasteiger partial charge in [-0.2, -0.15) is 10.6 Å². The van der Waals surface area contributed by atoms with E-state index in [1.807, 2.05) is 0 Å². The van der Waals surface area contributed by atoms with Crippen molar-refractivity contribution in [2.45, 2.75) is 25.4 Å². The molecule has 2 amide bonds. The Hall–Kier alpha value is -1.91. The summed E-state index contributed by atoms with van der Waals surface area (Å²) in [6.45, 7) is 1.91. The highest BCUT2D eigenvalue weighted by atomic mass is 32.3. The van der Waals surface area contributed by atoms with Gasteiger partial charge in [-0.05, 0) is 29.9 Å². The summed E-state index contributed by atoms with van der Waals surface area (Å²) in [6.07, 6.45) is -1.01. The molecule has 3 aliphatic rings. The molecule has 1 aromatic rings. The minimum Gasteiger partial charge on any atom is -0.442 e. The predicted octanol–water partition coefficient (Wildman–Crippen LogP) is 2.91. The van der Waals surface area contributed by atoms with Crippen LogP contribution in [0.4, 0.5) is 19.3 Å². The highest BCUT2D eigenvalue weighted by Gasteiger charge is 2.60. The van der Waals surface area contributed by atoms with Crippen molar-refractivity contribution in [3.05, 3.63) is 29.3 Å². The lowest BCUT2D eigenvalue weighted by atomic mass is 10.1. The van der Waals surface area contributed by atoms with Gasteiger partial charge < -0.3 is 10.1 Å². The minimum absolute atomic E-state index is 0.0482. The fraction of sp³-hybridized carbons (Fsp3) is 0.556. The zero-order valence-electron chi connectivity index (χ0n) is 15.2. The van der Waals surface area contributed by atoms with Crippen molar-refractivity contribution in [1.29, 1.82) is 0 Å². The monoisotopic (exact) mass is 416 g/mol. The first-order valence-corrected chi connectivity index (χ1v) is 11.1. The smallest absolute Gasteiger partial charge is 0.414 e. The molecular weight excluding hydrogens is 394 g/mol. The molecule has 154 valence electrons. The number of carbonyl (C=O) groups excluding carboxylic acids is 2. The van der Waals surface area contributed by atoms with E-state index in [9.17, 15) is 27.5 Å². The normalized spacial score (nSPS) is 31.3. The number of benzene rings is 1. The van der Waals surface area contributed by atoms with Crippen molar-refractivity contribution in [3.63, 3.8) is 0 Å². The van der Waals surface area contributed by atoms with E-state index in [1.165, 1.54) is 0 Å². The molecule has 0 aromatic heterocycles. The van der Waals surface area contributed by atoms with Crippen molar-refractivity contribution in [2.75, 3.05) is 29.5 Å². The van der Waals surface area contributed by atoms with Crippen LogP contribution >= 0.6 is 10.6 Å². The first kappa shape index (κ1) is 19.4. The number of ether oxygens (including phenoxy) is 1. The number of nitrogens with one attached hydrogen (secondary N) is 1. The van der Waals surface area contributed by atoms with E-state index < -0.39 is 34.4 Å². The maximum absolute atomic E-state index is 14.7. The van der Waals surface area contributed by atoms with Crippen LogP contribution in [0.3, 0.4) is 0 Å². The molecule has 2 saturated heterocycles. The van der Waals surface area contributed by atoms with Crippen LogP contribution in [0.5, 0.6) is 0 Å². The predicted molar refractivity (Wildman–Crippen MR) is 99.6 cm³/mol. The summed E-state index contributed by atoms with van der Waals surface area (Å²) in [4.78, 5) is 24.5. The molecule has 28 heavy (non-hydrogen) atoms. The zero-order valence-corrected chi connectivity index (χ0v) is 16.0. The molecule has 2 heterocycles. The second-order valence-electron chi connectivity index (χ2n) is 7.59. The van der Waals surface area contributed by atoms with Crippen LogP contribution < -0.4 is 10.2 Å². The van der Waals surface area contributed by atoms with Crippen LogP contribution in [-0.4, -0.2) is 51.8 Å². The second kappa shape index (κ2) is 6.85. The lowest BCUT2D eigenvalue weighted by Crippen LogP contribution is -2.34. The molecule has 2 aliphatic heterocycles. The molecule has 3 N–H and O–H groups in total. The number of amides is 2. The molecule has 7 nitrogen and oxygen atoms in total. The van der Waals surface area contributed by atoms with E-state index >= 15 is 0 Å². The Morgan fingerprint density at radius 3 is 2.46 bits per heavy atom. The molecule has 3 fully saturated rings. The van der Waals surface area contributed by atoms with Crippen LogP contribution in [0, 0.1) is 23.5 Å². The Labute approximate surface area is 162 Å². The Morgan fingerprint density at radius 1 is 1.29 bits per heavy atom. The molecule has 1 aliphatic carbocycles. The van der Waals surface area contributed by atoms with Gasteiger partial charge in [0, 0.05) is 23.5 Å². The summed E-state index contributed by atoms with van der Waals surface area (Å²) < 4.78 is 53.9. The van der Waals surface area contributed by atoms with Crippen molar-refractivity contribution in [1.82, 2.24) is 5.32 Å². The number of rotatable bonds is 5. The SMILES string of the molecule is CCC(=O)NC[C@H]1CN(c2cc(F)c(C3[C@H]4CS(O)(O)C[C@@H]34)c(F)c2)C(=O)O1. The van der Waals surface area contributed by atoms with Crippen LogP contribution in [0.1, 0.15) is 24.8 Å². The lowest BCUT2D eigenvalue weighted by Gasteiger charge is -2.29. The van der Waals surface area contributed by atoms with Gasteiger partial charge >= 0.3 is 6.09 Å². The number of nitrogens with zero attached hydrogens (tertiary/aromatic N) is 1. The quantitative estimate of drug-likeness (QED) is 0.686. The Bertz CT molecular complexity index is 799. The number of hydrogen-bond donors (Lipinski definition) is 3. The number of carbonyl (C=O) groups is 2. The maximum Gasteiger partial charge on any atom is 0.414 e. The summed E-state index contributed by atoms with van der Waals surface area (Å²) in [5, 5.41) is 2.62. The van der Waals surface area contributed by atoms with Gasteiger partial charge in [-0.15, -0.1) is 0 Å². The molecule has 1 unspecified atom stereocenters. The highest BCUT2D eigenvalue weighted by Crippen LogP contribution is 2.69. The summed E-state index contributed by atoms with van der Waals surface area (Å²) in [6, 6.07) is 2.22. The minimum atomic E-state index is -2.60. The van der Waals surface area contributed by atoms with E-state index in [1.54, 1.807) is 6.92 Å². The summed E-state index contributed by atoms with van der Waals surface area (Å²) in [5.41, 5.74) is 0.0103. The van der Waals surface area contributed by atoms with Crippen LogP contribution in [0.25, 0.3) is 0 Å². The van der Waals surface area contributed by atoms with Gasteiger partial charge in [0.1, 0.15) is 17.7 Å². The van der Waals surface area contributed by atoms with Gasteiger partial charge in [-0.25, -0.2) is 13.6 Å². The van der Waals surface area contributed by atoms with Crippen LogP contribution in [-0.2, 0) is 9.53 Å². The Kier molecular flexibility index (Phi) is 4.75. The van der Waals surface area contributed by atoms with Crippen molar-refractivity contribution < 1.29 is 32.2 Å². The molecule has 1 aromatic carbocycles. The third-order valence-electron chi connectivity index (χ3n) is 5.68. The summed E-state index contributed by atoms with van der Waals surface area (Å²) in [7, 11) is -2.60. The zero-order chi connectivity index (χ0) is 20.2. The van der Waals surface area contributed by atoms with Crippen LogP contribution in [0.15, 0.2) is 12.1 Å². The van der Waals surface area contributed by atoms with E-state index in [4.69, 9.17) is 4.74 Å². The summed E-state index contributed by atoms with van der Waals surface area (Å²) in [5.74, 6) is -1.87. The van der Waals surface area contributed by atoms with Gasteiger partial charge in [0.05, 0.1) is 18.8 Å². The maximum atomic E-state index is 14.7. The Morgan fingerprint density at radius 2 is 1.89 bits per heavy atom. The highest BCUT2D eigenvalue weighted by molar-refractivity contribution is 8.24. The lowest BCUT2D eigenvalue weighted by molar-refractivity contribution is -0.121. The van der Waals surface area contributed by atoms with Gasteiger partial charge in [-0.1, -0.05) is 6.92 Å². The topological polar surface area (TPSA) is 99.1 Å². The van der Waals surface area contributed by atoms with Crippen molar-refractivity contribution in [3.8, 4) is 0 Å². The molecule has 0 bridgehead atoms. The number of halogens is 2. The average molecular weight is 416 g/mol. The molecule has 1 saturated carbocycles. The average Bonchev–Trinajstić information content (AvgIpc) is 2.96. The summed E-state index contributed by atoms with van der Waals surface area (Å²) >= 11 is 0. The fourth-order valence-electron chi connectivity index (χ4n) is 4.25. The third-order valence-corrected chi connectivity index (χ3v) is 7.52. The number of fused-ring (bicyclic) bond motifs is 1. The largest absolute Gasteiger partial charge is 0.442 e. The molecule has 4 rings (SSSR count). The van der Waals surface area contributed by atoms with E-state index in [0.29, 0.717) is 6.42 Å². The molecule has 0 radical (unpaired) electrons.